The molecule has 3 aromatic rings. The number of likely N-dealkylation sites (N-methyl/N-ethyl adjacent to an activating group) is 1. The Kier molecular flexibility index (Phi) is 8.05. The predicted octanol–water partition coefficient (Wildman–Crippen LogP) is 3.83. The molecule has 0 aromatic heterocycles. The van der Waals surface area contributed by atoms with Gasteiger partial charge in [-0.2, -0.15) is 0 Å². The molecule has 0 heterocycles. The third-order valence-electron chi connectivity index (χ3n) is 5.37. The van der Waals surface area contributed by atoms with E-state index in [0.29, 0.717) is 35.9 Å². The fraction of sp³-hybridized carbons (Fsp3) is 0.231. The molecule has 0 spiro atoms. The molecule has 172 valence electrons. The number of nitrogens with zero attached hydrogens (tertiary/aromatic N) is 1. The van der Waals surface area contributed by atoms with Crippen LogP contribution in [0.15, 0.2) is 72.8 Å². The number of ether oxygens (including phenoxy) is 2. The SMILES string of the molecule is COc1cc(CN(C)C(C)C(=O)Nc2ccc(C(N)=O)cc2)ccc1OCc1ccccc1. The fourth-order valence-corrected chi connectivity index (χ4v) is 3.25. The molecule has 0 radical (unpaired) electrons. The minimum Gasteiger partial charge on any atom is -0.493 e. The summed E-state index contributed by atoms with van der Waals surface area (Å²) < 4.78 is 11.4. The number of methoxy groups -OCH3 is 1. The zero-order valence-corrected chi connectivity index (χ0v) is 19.1. The lowest BCUT2D eigenvalue weighted by atomic mass is 10.1. The molecule has 0 aliphatic heterocycles. The van der Waals surface area contributed by atoms with Crippen LogP contribution in [0.2, 0.25) is 0 Å². The van der Waals surface area contributed by atoms with Gasteiger partial charge in [0.15, 0.2) is 11.5 Å². The summed E-state index contributed by atoms with van der Waals surface area (Å²) in [6.07, 6.45) is 0. The number of nitrogens with two attached hydrogens (primary N) is 1. The number of nitrogens with one attached hydrogen (secondary N) is 1. The maximum atomic E-state index is 12.7. The standard InChI is InChI=1S/C26H29N3O4/c1-18(26(31)28-22-12-10-21(11-13-22)25(27)30)29(2)16-20-9-14-23(24(15-20)32-3)33-17-19-7-5-4-6-8-19/h4-15,18H,16-17H2,1-3H3,(H2,27,30)(H,28,31). The van der Waals surface area contributed by atoms with Crippen LogP contribution in [0.25, 0.3) is 0 Å². The number of amides is 2. The first kappa shape index (κ1) is 23.8. The van der Waals surface area contributed by atoms with Crippen molar-refractivity contribution in [2.75, 3.05) is 19.5 Å². The molecule has 1 atom stereocenters. The maximum absolute atomic E-state index is 12.7. The van der Waals surface area contributed by atoms with Crippen LogP contribution >= 0.6 is 0 Å². The molecule has 1 unspecified atom stereocenters. The first-order valence-electron chi connectivity index (χ1n) is 10.6. The third-order valence-corrected chi connectivity index (χ3v) is 5.37. The third kappa shape index (κ3) is 6.57. The second-order valence-corrected chi connectivity index (χ2v) is 7.78. The summed E-state index contributed by atoms with van der Waals surface area (Å²) in [4.78, 5) is 25.8. The van der Waals surface area contributed by atoms with Crippen LogP contribution < -0.4 is 20.5 Å². The highest BCUT2D eigenvalue weighted by Crippen LogP contribution is 2.29. The summed E-state index contributed by atoms with van der Waals surface area (Å²) in [5, 5.41) is 2.86. The van der Waals surface area contributed by atoms with Gasteiger partial charge in [0.25, 0.3) is 0 Å². The smallest absolute Gasteiger partial charge is 0.248 e. The van der Waals surface area contributed by atoms with Crippen LogP contribution in [-0.4, -0.2) is 36.9 Å². The van der Waals surface area contributed by atoms with Gasteiger partial charge in [-0.05, 0) is 61.5 Å². The molecule has 0 saturated carbocycles. The second kappa shape index (κ2) is 11.2. The summed E-state index contributed by atoms with van der Waals surface area (Å²) in [7, 11) is 3.49. The van der Waals surface area contributed by atoms with E-state index in [9.17, 15) is 9.59 Å². The highest BCUT2D eigenvalue weighted by molar-refractivity contribution is 5.96. The maximum Gasteiger partial charge on any atom is 0.248 e. The Morgan fingerprint density at radius 2 is 1.67 bits per heavy atom. The molecule has 2 amide bonds. The number of benzene rings is 3. The highest BCUT2D eigenvalue weighted by atomic mass is 16.5. The van der Waals surface area contributed by atoms with Crippen molar-refractivity contribution in [3.63, 3.8) is 0 Å². The van der Waals surface area contributed by atoms with Crippen molar-refractivity contribution in [3.05, 3.63) is 89.5 Å². The Morgan fingerprint density at radius 1 is 0.970 bits per heavy atom. The van der Waals surface area contributed by atoms with Crippen molar-refractivity contribution in [2.24, 2.45) is 5.73 Å². The number of carbonyl (C=O) groups is 2. The number of hydrogen-bond acceptors (Lipinski definition) is 5. The van der Waals surface area contributed by atoms with Gasteiger partial charge in [0.05, 0.1) is 13.2 Å². The van der Waals surface area contributed by atoms with E-state index >= 15 is 0 Å². The molecule has 7 heteroatoms. The topological polar surface area (TPSA) is 93.9 Å². The predicted molar refractivity (Wildman–Crippen MR) is 128 cm³/mol. The number of primary amides is 1. The van der Waals surface area contributed by atoms with Gasteiger partial charge in [-0.3, -0.25) is 14.5 Å². The second-order valence-electron chi connectivity index (χ2n) is 7.78. The molecule has 0 saturated heterocycles. The van der Waals surface area contributed by atoms with Crippen LogP contribution in [0.3, 0.4) is 0 Å². The number of hydrogen-bond donors (Lipinski definition) is 2. The van der Waals surface area contributed by atoms with Gasteiger partial charge in [0, 0.05) is 17.8 Å². The van der Waals surface area contributed by atoms with E-state index in [2.05, 4.69) is 5.32 Å². The van der Waals surface area contributed by atoms with Crippen molar-refractivity contribution in [3.8, 4) is 11.5 Å². The summed E-state index contributed by atoms with van der Waals surface area (Å²) in [5.41, 5.74) is 8.31. The Balaban J connectivity index is 1.59. The van der Waals surface area contributed by atoms with Crippen molar-refractivity contribution in [2.45, 2.75) is 26.1 Å². The fourth-order valence-electron chi connectivity index (χ4n) is 3.25. The molecule has 3 rings (SSSR count). The van der Waals surface area contributed by atoms with Crippen LogP contribution in [0.1, 0.15) is 28.4 Å². The summed E-state index contributed by atoms with van der Waals surface area (Å²) in [5.74, 6) is 0.647. The van der Waals surface area contributed by atoms with Gasteiger partial charge < -0.3 is 20.5 Å². The zero-order valence-electron chi connectivity index (χ0n) is 19.1. The van der Waals surface area contributed by atoms with E-state index in [1.165, 1.54) is 0 Å². The lowest BCUT2D eigenvalue weighted by molar-refractivity contribution is -0.120. The van der Waals surface area contributed by atoms with Crippen molar-refractivity contribution in [1.29, 1.82) is 0 Å². The Morgan fingerprint density at radius 3 is 2.30 bits per heavy atom. The monoisotopic (exact) mass is 447 g/mol. The van der Waals surface area contributed by atoms with E-state index in [-0.39, 0.29) is 11.9 Å². The first-order valence-corrected chi connectivity index (χ1v) is 10.6. The van der Waals surface area contributed by atoms with E-state index in [4.69, 9.17) is 15.2 Å². The summed E-state index contributed by atoms with van der Waals surface area (Å²) >= 11 is 0. The number of carbonyl (C=O) groups excluding carboxylic acids is 2. The van der Waals surface area contributed by atoms with Crippen LogP contribution in [0, 0.1) is 0 Å². The zero-order chi connectivity index (χ0) is 23.8. The number of anilines is 1. The molecule has 3 N–H and O–H groups in total. The van der Waals surface area contributed by atoms with Gasteiger partial charge in [-0.25, -0.2) is 0 Å². The van der Waals surface area contributed by atoms with Gasteiger partial charge >= 0.3 is 0 Å². The summed E-state index contributed by atoms with van der Waals surface area (Å²) in [6, 6.07) is 21.8. The molecule has 33 heavy (non-hydrogen) atoms. The molecule has 0 bridgehead atoms. The molecular formula is C26H29N3O4. The minimum atomic E-state index is -0.507. The van der Waals surface area contributed by atoms with Gasteiger partial charge in [-0.1, -0.05) is 36.4 Å². The lowest BCUT2D eigenvalue weighted by Gasteiger charge is -2.24. The molecule has 7 nitrogen and oxygen atoms in total. The Bertz CT molecular complexity index is 1080. The quantitative estimate of drug-likeness (QED) is 0.493. The lowest BCUT2D eigenvalue weighted by Crippen LogP contribution is -2.39. The van der Waals surface area contributed by atoms with Gasteiger partial charge in [-0.15, -0.1) is 0 Å². The minimum absolute atomic E-state index is 0.154. The molecule has 0 aliphatic rings. The van der Waals surface area contributed by atoms with Crippen LogP contribution in [0.4, 0.5) is 5.69 Å². The van der Waals surface area contributed by atoms with Gasteiger partial charge in [0.1, 0.15) is 6.61 Å². The number of rotatable bonds is 10. The van der Waals surface area contributed by atoms with Crippen molar-refractivity contribution >= 4 is 17.5 Å². The highest BCUT2D eigenvalue weighted by Gasteiger charge is 2.19. The first-order chi connectivity index (χ1) is 15.9. The van der Waals surface area contributed by atoms with Crippen molar-refractivity contribution in [1.82, 2.24) is 4.90 Å². The van der Waals surface area contributed by atoms with Crippen LogP contribution in [0.5, 0.6) is 11.5 Å². The van der Waals surface area contributed by atoms with Crippen molar-refractivity contribution < 1.29 is 19.1 Å². The van der Waals surface area contributed by atoms with E-state index in [0.717, 1.165) is 11.1 Å². The average molecular weight is 448 g/mol. The molecule has 3 aromatic carbocycles. The molecular weight excluding hydrogens is 418 g/mol. The van der Waals surface area contributed by atoms with Gasteiger partial charge in [0.2, 0.25) is 11.8 Å². The van der Waals surface area contributed by atoms with Crippen LogP contribution in [-0.2, 0) is 17.9 Å². The Hall–Kier alpha value is -3.84. The molecule has 0 fully saturated rings. The summed E-state index contributed by atoms with van der Waals surface area (Å²) in [6.45, 7) is 2.83. The largest absolute Gasteiger partial charge is 0.493 e. The normalized spacial score (nSPS) is 11.6. The van der Waals surface area contributed by atoms with E-state index in [1.54, 1.807) is 31.4 Å². The molecule has 0 aliphatic carbocycles. The average Bonchev–Trinajstić information content (AvgIpc) is 2.83. The van der Waals surface area contributed by atoms with E-state index < -0.39 is 5.91 Å². The van der Waals surface area contributed by atoms with E-state index in [1.807, 2.05) is 67.4 Å². The Labute approximate surface area is 194 Å².